The molecule has 0 radical (unpaired) electrons. The molecule has 246 valence electrons. The number of hydrogen-bond donors (Lipinski definition) is 1. The number of amides is 2. The summed E-state index contributed by atoms with van der Waals surface area (Å²) in [5.74, 6) is -1.12. The van der Waals surface area contributed by atoms with Crippen LogP contribution in [0.1, 0.15) is 42.4 Å². The summed E-state index contributed by atoms with van der Waals surface area (Å²) in [4.78, 5) is 29.6. The van der Waals surface area contributed by atoms with E-state index in [9.17, 15) is 31.2 Å². The Morgan fingerprint density at radius 1 is 0.787 bits per heavy atom. The van der Waals surface area contributed by atoms with Gasteiger partial charge in [0.2, 0.25) is 11.8 Å². The molecule has 11 heteroatoms. The Balaban J connectivity index is 1.58. The minimum absolute atomic E-state index is 0.0307. The number of carbonyl (C=O) groups excluding carboxylic acids is 2. The van der Waals surface area contributed by atoms with Crippen LogP contribution in [0.15, 0.2) is 120 Å². The van der Waals surface area contributed by atoms with Crippen molar-refractivity contribution in [1.82, 2.24) is 10.2 Å². The van der Waals surface area contributed by atoms with Gasteiger partial charge in [0, 0.05) is 19.0 Å². The fourth-order valence-corrected chi connectivity index (χ4v) is 7.21. The molecular weight excluding hydrogens is 627 g/mol. The molecule has 0 bridgehead atoms. The molecular formula is C36H36F3N3O4S. The number of alkyl halides is 3. The van der Waals surface area contributed by atoms with E-state index in [0.29, 0.717) is 15.9 Å². The van der Waals surface area contributed by atoms with Crippen LogP contribution in [-0.2, 0) is 38.8 Å². The first-order valence-electron chi connectivity index (χ1n) is 15.4. The van der Waals surface area contributed by atoms with Crippen molar-refractivity contribution >= 4 is 27.5 Å². The van der Waals surface area contributed by atoms with Gasteiger partial charge in [-0.25, -0.2) is 8.42 Å². The molecule has 0 unspecified atom stereocenters. The van der Waals surface area contributed by atoms with E-state index in [1.807, 2.05) is 36.4 Å². The summed E-state index contributed by atoms with van der Waals surface area (Å²) in [7, 11) is -4.52. The number of benzene rings is 4. The van der Waals surface area contributed by atoms with Crippen LogP contribution < -0.4 is 9.62 Å². The molecule has 2 amide bonds. The minimum Gasteiger partial charge on any atom is -0.352 e. The largest absolute Gasteiger partial charge is 0.416 e. The molecule has 0 aliphatic heterocycles. The van der Waals surface area contributed by atoms with Gasteiger partial charge in [0.25, 0.3) is 10.0 Å². The van der Waals surface area contributed by atoms with E-state index in [4.69, 9.17) is 0 Å². The van der Waals surface area contributed by atoms with Gasteiger partial charge in [-0.3, -0.25) is 13.9 Å². The second-order valence-corrected chi connectivity index (χ2v) is 13.4. The van der Waals surface area contributed by atoms with Gasteiger partial charge in [-0.05, 0) is 54.3 Å². The first-order chi connectivity index (χ1) is 22.5. The average molecular weight is 664 g/mol. The molecule has 4 aromatic carbocycles. The fraction of sp³-hybridized carbons (Fsp3) is 0.278. The summed E-state index contributed by atoms with van der Waals surface area (Å²) in [5, 5.41) is 3.10. The van der Waals surface area contributed by atoms with Crippen molar-refractivity contribution in [3.63, 3.8) is 0 Å². The van der Waals surface area contributed by atoms with Gasteiger partial charge >= 0.3 is 6.18 Å². The molecule has 1 aliphatic carbocycles. The molecule has 47 heavy (non-hydrogen) atoms. The number of carbonyl (C=O) groups is 2. The number of halogens is 3. The Morgan fingerprint density at radius 3 is 1.96 bits per heavy atom. The Hall–Kier alpha value is -4.64. The number of nitrogens with zero attached hydrogens (tertiary/aromatic N) is 2. The van der Waals surface area contributed by atoms with Gasteiger partial charge in [0.15, 0.2) is 0 Å². The lowest BCUT2D eigenvalue weighted by Crippen LogP contribution is -2.54. The zero-order chi connectivity index (χ0) is 33.4. The number of sulfonamides is 1. The number of nitrogens with one attached hydrogen (secondary N) is 1. The van der Waals surface area contributed by atoms with E-state index in [-0.39, 0.29) is 35.5 Å². The monoisotopic (exact) mass is 663 g/mol. The third-order valence-electron chi connectivity index (χ3n) is 8.24. The maximum absolute atomic E-state index is 14.5. The van der Waals surface area contributed by atoms with Crippen molar-refractivity contribution < 1.29 is 31.2 Å². The predicted octanol–water partition coefficient (Wildman–Crippen LogP) is 6.60. The maximum atomic E-state index is 14.5. The fourth-order valence-electron chi connectivity index (χ4n) is 5.79. The standard InChI is InChI=1S/C36H36F3N3O4S/c37-36(38,39)29-17-12-20-31(24-29)42(47(45,46)32-21-8-3-9-22-32)26-34(43)41(25-28-15-6-2-7-16-28)33(23-27-13-4-1-5-14-27)35(44)40-30-18-10-11-19-30/h1-9,12-17,20-22,24,30,33H,10-11,18-19,23,25-26H2,(H,40,44)/t33-/m1/s1. The first kappa shape index (κ1) is 33.7. The molecule has 1 fully saturated rings. The Kier molecular flexibility index (Phi) is 10.7. The van der Waals surface area contributed by atoms with Crippen LogP contribution in [-0.4, -0.2) is 43.8 Å². The molecule has 1 saturated carbocycles. The van der Waals surface area contributed by atoms with Crippen molar-refractivity contribution in [2.75, 3.05) is 10.8 Å². The van der Waals surface area contributed by atoms with Crippen molar-refractivity contribution in [1.29, 1.82) is 0 Å². The molecule has 7 nitrogen and oxygen atoms in total. The molecule has 0 heterocycles. The van der Waals surface area contributed by atoms with Crippen LogP contribution in [0.25, 0.3) is 0 Å². The van der Waals surface area contributed by atoms with Crippen LogP contribution in [0.3, 0.4) is 0 Å². The highest BCUT2D eigenvalue weighted by Gasteiger charge is 2.37. The molecule has 0 saturated heterocycles. The van der Waals surface area contributed by atoms with Crippen molar-refractivity contribution in [3.8, 4) is 0 Å². The molecule has 1 N–H and O–H groups in total. The maximum Gasteiger partial charge on any atom is 0.416 e. The SMILES string of the molecule is O=C(NC1CCCC1)[C@@H](Cc1ccccc1)N(Cc1ccccc1)C(=O)CN(c1cccc(C(F)(F)F)c1)S(=O)(=O)c1ccccc1. The second-order valence-electron chi connectivity index (χ2n) is 11.6. The zero-order valence-electron chi connectivity index (χ0n) is 25.6. The van der Waals surface area contributed by atoms with E-state index >= 15 is 0 Å². The van der Waals surface area contributed by atoms with Crippen LogP contribution in [0.5, 0.6) is 0 Å². The second kappa shape index (κ2) is 14.8. The molecule has 1 aliphatic rings. The zero-order valence-corrected chi connectivity index (χ0v) is 26.5. The topological polar surface area (TPSA) is 86.8 Å². The minimum atomic E-state index is -4.75. The summed E-state index contributed by atoms with van der Waals surface area (Å²) in [6.07, 6.45) is -1.02. The van der Waals surface area contributed by atoms with E-state index in [0.717, 1.165) is 43.4 Å². The van der Waals surface area contributed by atoms with Gasteiger partial charge < -0.3 is 10.2 Å². The van der Waals surface area contributed by atoms with Gasteiger partial charge in [-0.1, -0.05) is 97.8 Å². The summed E-state index contributed by atoms with van der Waals surface area (Å²) in [6.45, 7) is -0.871. The molecule has 0 spiro atoms. The van der Waals surface area contributed by atoms with Crippen LogP contribution >= 0.6 is 0 Å². The molecule has 5 rings (SSSR count). The van der Waals surface area contributed by atoms with Gasteiger partial charge in [0.1, 0.15) is 12.6 Å². The molecule has 0 aromatic heterocycles. The van der Waals surface area contributed by atoms with E-state index < -0.39 is 40.3 Å². The van der Waals surface area contributed by atoms with E-state index in [2.05, 4.69) is 5.32 Å². The summed E-state index contributed by atoms with van der Waals surface area (Å²) < 4.78 is 70.0. The lowest BCUT2D eigenvalue weighted by Gasteiger charge is -2.34. The highest BCUT2D eigenvalue weighted by atomic mass is 32.2. The average Bonchev–Trinajstić information content (AvgIpc) is 3.59. The quantitative estimate of drug-likeness (QED) is 0.185. The third kappa shape index (κ3) is 8.59. The lowest BCUT2D eigenvalue weighted by atomic mass is 10.0. The summed E-state index contributed by atoms with van der Waals surface area (Å²) in [5.41, 5.74) is 0.0992. The highest BCUT2D eigenvalue weighted by Crippen LogP contribution is 2.33. The van der Waals surface area contributed by atoms with Gasteiger partial charge in [-0.2, -0.15) is 13.2 Å². The smallest absolute Gasteiger partial charge is 0.352 e. The Bertz CT molecular complexity index is 1750. The molecule has 1 atom stereocenters. The van der Waals surface area contributed by atoms with Crippen molar-refractivity contribution in [2.45, 2.75) is 61.8 Å². The number of rotatable bonds is 12. The normalized spacial score (nSPS) is 14.4. The first-order valence-corrected chi connectivity index (χ1v) is 16.9. The Labute approximate surface area is 273 Å². The predicted molar refractivity (Wildman–Crippen MR) is 174 cm³/mol. The highest BCUT2D eigenvalue weighted by molar-refractivity contribution is 7.92. The van der Waals surface area contributed by atoms with Crippen LogP contribution in [0.4, 0.5) is 18.9 Å². The van der Waals surface area contributed by atoms with Gasteiger partial charge in [-0.15, -0.1) is 0 Å². The van der Waals surface area contributed by atoms with Crippen LogP contribution in [0.2, 0.25) is 0 Å². The number of anilines is 1. The third-order valence-corrected chi connectivity index (χ3v) is 10.0. The molecule has 4 aromatic rings. The summed E-state index contributed by atoms with van der Waals surface area (Å²) in [6, 6.07) is 28.2. The lowest BCUT2D eigenvalue weighted by molar-refractivity contribution is -0.140. The van der Waals surface area contributed by atoms with Crippen molar-refractivity contribution in [2.24, 2.45) is 0 Å². The van der Waals surface area contributed by atoms with Crippen molar-refractivity contribution in [3.05, 3.63) is 132 Å². The Morgan fingerprint density at radius 2 is 1.36 bits per heavy atom. The van der Waals surface area contributed by atoms with Crippen LogP contribution in [0, 0.1) is 0 Å². The van der Waals surface area contributed by atoms with E-state index in [1.54, 1.807) is 30.3 Å². The number of hydrogen-bond acceptors (Lipinski definition) is 4. The summed E-state index contributed by atoms with van der Waals surface area (Å²) >= 11 is 0. The van der Waals surface area contributed by atoms with E-state index in [1.165, 1.54) is 35.2 Å². The van der Waals surface area contributed by atoms with Gasteiger partial charge in [0.05, 0.1) is 16.1 Å².